The average Bonchev–Trinajstić information content (AvgIpc) is 3.30. The number of carbonyl (C=O) groups is 2. The number of amides is 2. The lowest BCUT2D eigenvalue weighted by atomic mass is 10.2. The van der Waals surface area contributed by atoms with Crippen molar-refractivity contribution < 1.29 is 22.7 Å². The molecule has 166 valence electrons. The molecule has 3 rings (SSSR count). The van der Waals surface area contributed by atoms with Crippen LogP contribution in [0.1, 0.15) is 35.7 Å². The number of benzene rings is 2. The highest BCUT2D eigenvalue weighted by atomic mass is 35.5. The van der Waals surface area contributed by atoms with Gasteiger partial charge in [0, 0.05) is 23.7 Å². The monoisotopic (exact) mass is 465 g/mol. The molecule has 0 spiro atoms. The Morgan fingerprint density at radius 3 is 2.32 bits per heavy atom. The predicted molar refractivity (Wildman–Crippen MR) is 116 cm³/mol. The van der Waals surface area contributed by atoms with Crippen molar-refractivity contribution in [1.29, 1.82) is 0 Å². The third-order valence-corrected chi connectivity index (χ3v) is 7.27. The number of nitrogens with zero attached hydrogens (tertiary/aromatic N) is 1. The van der Waals surface area contributed by atoms with Crippen LogP contribution in [-0.2, 0) is 14.8 Å². The first kappa shape index (κ1) is 23.1. The van der Waals surface area contributed by atoms with Gasteiger partial charge in [-0.25, -0.2) is 8.42 Å². The maximum atomic E-state index is 12.5. The molecule has 0 aliphatic carbocycles. The van der Waals surface area contributed by atoms with E-state index in [0.717, 1.165) is 18.4 Å². The maximum absolute atomic E-state index is 12.5. The fourth-order valence-electron chi connectivity index (χ4n) is 3.10. The lowest BCUT2D eigenvalue weighted by Gasteiger charge is -2.16. The summed E-state index contributed by atoms with van der Waals surface area (Å²) in [5.74, 6) is -0.645. The van der Waals surface area contributed by atoms with E-state index < -0.39 is 27.9 Å². The second kappa shape index (κ2) is 9.67. The summed E-state index contributed by atoms with van der Waals surface area (Å²) < 4.78 is 32.1. The summed E-state index contributed by atoms with van der Waals surface area (Å²) >= 11 is 5.97. The van der Waals surface area contributed by atoms with Crippen LogP contribution in [0.15, 0.2) is 47.4 Å². The lowest BCUT2D eigenvalue weighted by molar-refractivity contribution is -0.128. The van der Waals surface area contributed by atoms with Gasteiger partial charge < -0.3 is 4.74 Å². The van der Waals surface area contributed by atoms with E-state index in [9.17, 15) is 18.0 Å². The second-order valence-corrected chi connectivity index (χ2v) is 9.60. The van der Waals surface area contributed by atoms with Crippen molar-refractivity contribution in [3.8, 4) is 5.75 Å². The molecule has 0 aromatic heterocycles. The molecule has 1 heterocycles. The molecule has 0 radical (unpaired) electrons. The molecule has 2 aromatic rings. The molecule has 10 heteroatoms. The van der Waals surface area contributed by atoms with E-state index in [1.807, 2.05) is 6.92 Å². The van der Waals surface area contributed by atoms with E-state index in [-0.39, 0.29) is 10.5 Å². The predicted octanol–water partition coefficient (Wildman–Crippen LogP) is 2.66. The van der Waals surface area contributed by atoms with Gasteiger partial charge in [0.2, 0.25) is 10.0 Å². The number of rotatable bonds is 6. The van der Waals surface area contributed by atoms with Gasteiger partial charge >= 0.3 is 0 Å². The second-order valence-electron chi connectivity index (χ2n) is 7.25. The quantitative estimate of drug-likeness (QED) is 0.638. The summed E-state index contributed by atoms with van der Waals surface area (Å²) in [5.41, 5.74) is 5.63. The van der Waals surface area contributed by atoms with Crippen LogP contribution in [0.2, 0.25) is 5.02 Å². The molecule has 1 saturated heterocycles. The molecule has 0 saturated carbocycles. The topological polar surface area (TPSA) is 105 Å². The first-order valence-electron chi connectivity index (χ1n) is 9.81. The molecule has 8 nitrogen and oxygen atoms in total. The molecule has 1 aliphatic rings. The molecule has 1 aliphatic heterocycles. The molecule has 0 bridgehead atoms. The van der Waals surface area contributed by atoms with E-state index in [0.29, 0.717) is 23.9 Å². The lowest BCUT2D eigenvalue weighted by Crippen LogP contribution is -2.47. The Morgan fingerprint density at radius 2 is 1.71 bits per heavy atom. The summed E-state index contributed by atoms with van der Waals surface area (Å²) in [5, 5.41) is 0.593. The van der Waals surface area contributed by atoms with Crippen molar-refractivity contribution in [3.05, 3.63) is 58.6 Å². The van der Waals surface area contributed by atoms with Gasteiger partial charge in [-0.1, -0.05) is 11.6 Å². The van der Waals surface area contributed by atoms with Crippen LogP contribution in [0.25, 0.3) is 0 Å². The molecule has 1 unspecified atom stereocenters. The number of hydrogen-bond donors (Lipinski definition) is 2. The molecular weight excluding hydrogens is 442 g/mol. The number of halogens is 1. The first-order chi connectivity index (χ1) is 14.7. The summed E-state index contributed by atoms with van der Waals surface area (Å²) in [6.07, 6.45) is 0.826. The largest absolute Gasteiger partial charge is 0.481 e. The highest BCUT2D eigenvalue weighted by Gasteiger charge is 2.27. The first-order valence-corrected chi connectivity index (χ1v) is 11.6. The van der Waals surface area contributed by atoms with Gasteiger partial charge in [-0.2, -0.15) is 4.31 Å². The van der Waals surface area contributed by atoms with Crippen molar-refractivity contribution >= 4 is 33.4 Å². The molecule has 2 N–H and O–H groups in total. The van der Waals surface area contributed by atoms with Crippen LogP contribution < -0.4 is 15.6 Å². The number of nitrogens with one attached hydrogen (secondary N) is 2. The van der Waals surface area contributed by atoms with E-state index in [1.165, 1.54) is 28.6 Å². The van der Waals surface area contributed by atoms with Crippen molar-refractivity contribution in [1.82, 2.24) is 15.2 Å². The highest BCUT2D eigenvalue weighted by molar-refractivity contribution is 7.89. The van der Waals surface area contributed by atoms with Crippen LogP contribution in [-0.4, -0.2) is 43.7 Å². The van der Waals surface area contributed by atoms with Gasteiger partial charge in [-0.15, -0.1) is 0 Å². The van der Waals surface area contributed by atoms with E-state index in [2.05, 4.69) is 10.9 Å². The van der Waals surface area contributed by atoms with Gasteiger partial charge in [0.25, 0.3) is 11.8 Å². The van der Waals surface area contributed by atoms with Crippen LogP contribution in [0.5, 0.6) is 5.75 Å². The number of aryl methyl sites for hydroxylation is 1. The fourth-order valence-corrected chi connectivity index (χ4v) is 4.73. The third-order valence-electron chi connectivity index (χ3n) is 4.93. The Morgan fingerprint density at radius 1 is 1.06 bits per heavy atom. The molecule has 1 atom stereocenters. The van der Waals surface area contributed by atoms with E-state index in [4.69, 9.17) is 16.3 Å². The normalized spacial score (nSPS) is 15.3. The highest BCUT2D eigenvalue weighted by Crippen LogP contribution is 2.22. The molecule has 31 heavy (non-hydrogen) atoms. The summed E-state index contributed by atoms with van der Waals surface area (Å²) in [6.45, 7) is 4.38. The Labute approximate surface area is 186 Å². The minimum Gasteiger partial charge on any atom is -0.481 e. The van der Waals surface area contributed by atoms with Crippen molar-refractivity contribution in [2.24, 2.45) is 0 Å². The number of hydrogen-bond acceptors (Lipinski definition) is 5. The van der Waals surface area contributed by atoms with Crippen LogP contribution in [0.3, 0.4) is 0 Å². The summed E-state index contributed by atoms with van der Waals surface area (Å²) in [7, 11) is -3.55. The van der Waals surface area contributed by atoms with Crippen LogP contribution >= 0.6 is 11.6 Å². The van der Waals surface area contributed by atoms with Gasteiger partial charge in [0.05, 0.1) is 4.90 Å². The Hall–Kier alpha value is -2.62. The smallest absolute Gasteiger partial charge is 0.279 e. The number of hydrazine groups is 1. The molecular formula is C21H24ClN3O5S. The SMILES string of the molecule is Cc1cc(OC(C)C(=O)NNC(=O)c2ccc(S(=O)(=O)N3CCCC3)cc2)ccc1Cl. The third kappa shape index (κ3) is 5.55. The number of carbonyl (C=O) groups excluding carboxylic acids is 2. The standard InChI is InChI=1S/C21H24ClN3O5S/c1-14-13-17(7-10-19(14)22)30-15(2)20(26)23-24-21(27)16-5-8-18(9-6-16)31(28,29)25-11-3-4-12-25/h5-10,13,15H,3-4,11-12H2,1-2H3,(H,23,26)(H,24,27). The minimum atomic E-state index is -3.55. The summed E-state index contributed by atoms with van der Waals surface area (Å²) in [6, 6.07) is 10.6. The maximum Gasteiger partial charge on any atom is 0.279 e. The van der Waals surface area contributed by atoms with Gasteiger partial charge in [0.1, 0.15) is 5.75 Å². The molecule has 1 fully saturated rings. The van der Waals surface area contributed by atoms with Gasteiger partial charge in [-0.05, 0) is 74.7 Å². The Kier molecular flexibility index (Phi) is 7.19. The fraction of sp³-hybridized carbons (Fsp3) is 0.333. The Bertz CT molecular complexity index is 1070. The summed E-state index contributed by atoms with van der Waals surface area (Å²) in [4.78, 5) is 24.6. The van der Waals surface area contributed by atoms with Crippen molar-refractivity contribution in [2.75, 3.05) is 13.1 Å². The average molecular weight is 466 g/mol. The zero-order valence-electron chi connectivity index (χ0n) is 17.2. The zero-order valence-corrected chi connectivity index (χ0v) is 18.8. The zero-order chi connectivity index (χ0) is 22.6. The number of ether oxygens (including phenoxy) is 1. The number of sulfonamides is 1. The van der Waals surface area contributed by atoms with E-state index in [1.54, 1.807) is 25.1 Å². The van der Waals surface area contributed by atoms with E-state index >= 15 is 0 Å². The van der Waals surface area contributed by atoms with Gasteiger partial charge in [-0.3, -0.25) is 20.4 Å². The van der Waals surface area contributed by atoms with Crippen molar-refractivity contribution in [3.63, 3.8) is 0 Å². The molecule has 2 aromatic carbocycles. The van der Waals surface area contributed by atoms with Crippen molar-refractivity contribution in [2.45, 2.75) is 37.7 Å². The van der Waals surface area contributed by atoms with Crippen LogP contribution in [0, 0.1) is 6.92 Å². The van der Waals surface area contributed by atoms with Gasteiger partial charge in [0.15, 0.2) is 6.10 Å². The minimum absolute atomic E-state index is 0.135. The molecule has 2 amide bonds. The Balaban J connectivity index is 1.55. The van der Waals surface area contributed by atoms with Crippen LogP contribution in [0.4, 0.5) is 0 Å².